The molecule has 1 aromatic carbocycles. The van der Waals surface area contributed by atoms with Crippen molar-refractivity contribution in [3.8, 4) is 17.7 Å². The monoisotopic (exact) mass is 303 g/mol. The summed E-state index contributed by atoms with van der Waals surface area (Å²) in [6, 6.07) is 8.94. The Morgan fingerprint density at radius 2 is 2.22 bits per heavy atom. The molecule has 0 atom stereocenters. The van der Waals surface area contributed by atoms with E-state index < -0.39 is 0 Å². The first-order valence-corrected chi connectivity index (χ1v) is 5.99. The summed E-state index contributed by atoms with van der Waals surface area (Å²) in [6.45, 7) is 1.87. The lowest BCUT2D eigenvalue weighted by Gasteiger charge is -2.09. The molecule has 1 aromatic heterocycles. The van der Waals surface area contributed by atoms with Crippen molar-refractivity contribution >= 4 is 21.6 Å². The third kappa shape index (κ3) is 2.44. The number of nitrogen functional groups attached to an aromatic ring is 1. The summed E-state index contributed by atoms with van der Waals surface area (Å²) in [5, 5.41) is 8.82. The highest BCUT2D eigenvalue weighted by Gasteiger charge is 2.09. The van der Waals surface area contributed by atoms with Crippen molar-refractivity contribution in [1.82, 2.24) is 4.98 Å². The summed E-state index contributed by atoms with van der Waals surface area (Å²) < 4.78 is 6.34. The molecule has 0 aliphatic rings. The molecule has 18 heavy (non-hydrogen) atoms. The number of halogens is 1. The molecule has 0 amide bonds. The average molecular weight is 304 g/mol. The molecule has 0 radical (unpaired) electrons. The molecule has 0 aliphatic heterocycles. The van der Waals surface area contributed by atoms with Gasteiger partial charge in [0.25, 0.3) is 0 Å². The molecule has 0 spiro atoms. The minimum atomic E-state index is 0.428. The van der Waals surface area contributed by atoms with Crippen molar-refractivity contribution in [1.29, 1.82) is 5.26 Å². The number of hydrogen-bond donors (Lipinski definition) is 1. The first kappa shape index (κ1) is 12.4. The molecule has 2 aromatic rings. The van der Waals surface area contributed by atoms with Crippen LogP contribution in [-0.2, 0) is 0 Å². The number of benzene rings is 1. The quantitative estimate of drug-likeness (QED) is 0.923. The molecule has 2 N–H and O–H groups in total. The Labute approximate surface area is 113 Å². The van der Waals surface area contributed by atoms with Gasteiger partial charge in [-0.15, -0.1) is 0 Å². The second-order valence-corrected chi connectivity index (χ2v) is 4.49. The van der Waals surface area contributed by atoms with Crippen LogP contribution < -0.4 is 10.5 Å². The SMILES string of the molecule is Cc1c(N)cnc(Oc2cccc(C#N)c2)c1Br. The summed E-state index contributed by atoms with van der Waals surface area (Å²) in [7, 11) is 0. The molecule has 5 heteroatoms. The van der Waals surface area contributed by atoms with Gasteiger partial charge in [0.2, 0.25) is 5.88 Å². The lowest BCUT2D eigenvalue weighted by Crippen LogP contribution is -1.96. The summed E-state index contributed by atoms with van der Waals surface area (Å²) in [5.41, 5.74) is 7.74. The van der Waals surface area contributed by atoms with E-state index in [0.29, 0.717) is 27.4 Å². The Morgan fingerprint density at radius 3 is 2.94 bits per heavy atom. The van der Waals surface area contributed by atoms with Gasteiger partial charge in [-0.05, 0) is 46.6 Å². The van der Waals surface area contributed by atoms with E-state index in [2.05, 4.69) is 27.0 Å². The van der Waals surface area contributed by atoms with Crippen LogP contribution in [0.5, 0.6) is 11.6 Å². The smallest absolute Gasteiger partial charge is 0.233 e. The number of anilines is 1. The normalized spacial score (nSPS) is 9.83. The molecule has 1 heterocycles. The maximum atomic E-state index is 8.82. The fraction of sp³-hybridized carbons (Fsp3) is 0.0769. The summed E-state index contributed by atoms with van der Waals surface area (Å²) in [4.78, 5) is 4.11. The number of rotatable bonds is 2. The lowest BCUT2D eigenvalue weighted by atomic mass is 10.2. The van der Waals surface area contributed by atoms with Crippen LogP contribution in [0.25, 0.3) is 0 Å². The summed E-state index contributed by atoms with van der Waals surface area (Å²) in [5.74, 6) is 0.989. The molecule has 0 bridgehead atoms. The van der Waals surface area contributed by atoms with Gasteiger partial charge in [-0.3, -0.25) is 0 Å². The number of aromatic nitrogens is 1. The van der Waals surface area contributed by atoms with Gasteiger partial charge in [-0.25, -0.2) is 4.98 Å². The molecule has 90 valence electrons. The van der Waals surface area contributed by atoms with Crippen LogP contribution in [0.1, 0.15) is 11.1 Å². The second-order valence-electron chi connectivity index (χ2n) is 3.70. The Hall–Kier alpha value is -2.06. The van der Waals surface area contributed by atoms with E-state index in [0.717, 1.165) is 5.56 Å². The molecule has 0 unspecified atom stereocenters. The fourth-order valence-corrected chi connectivity index (χ4v) is 1.79. The van der Waals surface area contributed by atoms with Gasteiger partial charge in [-0.2, -0.15) is 5.26 Å². The van der Waals surface area contributed by atoms with E-state index in [4.69, 9.17) is 15.7 Å². The second kappa shape index (κ2) is 5.07. The van der Waals surface area contributed by atoms with Crippen molar-refractivity contribution in [2.45, 2.75) is 6.92 Å². The highest BCUT2D eigenvalue weighted by Crippen LogP contribution is 2.32. The molecule has 0 fully saturated rings. The van der Waals surface area contributed by atoms with Crippen LogP contribution in [0.2, 0.25) is 0 Å². The average Bonchev–Trinajstić information content (AvgIpc) is 2.40. The molecule has 0 saturated heterocycles. The van der Waals surface area contributed by atoms with E-state index in [1.807, 2.05) is 6.92 Å². The zero-order valence-electron chi connectivity index (χ0n) is 9.64. The number of nitrogens with zero attached hydrogens (tertiary/aromatic N) is 2. The Bertz CT molecular complexity index is 635. The summed E-state index contributed by atoms with van der Waals surface area (Å²) in [6.07, 6.45) is 1.55. The predicted octanol–water partition coefficient (Wildman–Crippen LogP) is 3.40. The number of pyridine rings is 1. The Morgan fingerprint density at radius 1 is 1.44 bits per heavy atom. The van der Waals surface area contributed by atoms with Gasteiger partial charge in [0, 0.05) is 0 Å². The molecule has 4 nitrogen and oxygen atoms in total. The standard InChI is InChI=1S/C13H10BrN3O/c1-8-11(16)7-17-13(12(8)14)18-10-4-2-3-9(5-10)6-15/h2-5,7H,16H2,1H3. The van der Waals surface area contributed by atoms with E-state index in [9.17, 15) is 0 Å². The van der Waals surface area contributed by atoms with Crippen LogP contribution in [0, 0.1) is 18.3 Å². The van der Waals surface area contributed by atoms with Crippen molar-refractivity contribution in [3.05, 3.63) is 46.1 Å². The first-order valence-electron chi connectivity index (χ1n) is 5.20. The van der Waals surface area contributed by atoms with Gasteiger partial charge in [-0.1, -0.05) is 6.07 Å². The zero-order valence-corrected chi connectivity index (χ0v) is 11.2. The lowest BCUT2D eigenvalue weighted by molar-refractivity contribution is 0.459. The van der Waals surface area contributed by atoms with Crippen LogP contribution in [-0.4, -0.2) is 4.98 Å². The van der Waals surface area contributed by atoms with Crippen LogP contribution >= 0.6 is 15.9 Å². The topological polar surface area (TPSA) is 71.9 Å². The van der Waals surface area contributed by atoms with Gasteiger partial charge in [0.05, 0.1) is 28.0 Å². The summed E-state index contributed by atoms with van der Waals surface area (Å²) >= 11 is 3.39. The number of hydrogen-bond acceptors (Lipinski definition) is 4. The highest BCUT2D eigenvalue weighted by atomic mass is 79.9. The minimum Gasteiger partial charge on any atom is -0.438 e. The van der Waals surface area contributed by atoms with Crippen LogP contribution in [0.3, 0.4) is 0 Å². The number of nitrogens with two attached hydrogens (primary N) is 1. The van der Waals surface area contributed by atoms with Crippen molar-refractivity contribution in [3.63, 3.8) is 0 Å². The fourth-order valence-electron chi connectivity index (χ4n) is 1.38. The maximum Gasteiger partial charge on any atom is 0.233 e. The minimum absolute atomic E-state index is 0.428. The van der Waals surface area contributed by atoms with E-state index in [1.165, 1.54) is 0 Å². The Kier molecular flexibility index (Phi) is 3.49. The van der Waals surface area contributed by atoms with Crippen LogP contribution in [0.4, 0.5) is 5.69 Å². The van der Waals surface area contributed by atoms with Crippen molar-refractivity contribution < 1.29 is 4.74 Å². The zero-order chi connectivity index (χ0) is 13.1. The predicted molar refractivity (Wildman–Crippen MR) is 72.3 cm³/mol. The van der Waals surface area contributed by atoms with Gasteiger partial charge in [0.1, 0.15) is 5.75 Å². The molecular formula is C13H10BrN3O. The van der Waals surface area contributed by atoms with Gasteiger partial charge >= 0.3 is 0 Å². The highest BCUT2D eigenvalue weighted by molar-refractivity contribution is 9.10. The third-order valence-electron chi connectivity index (χ3n) is 2.45. The molecular weight excluding hydrogens is 294 g/mol. The van der Waals surface area contributed by atoms with Crippen LogP contribution in [0.15, 0.2) is 34.9 Å². The first-order chi connectivity index (χ1) is 8.61. The Balaban J connectivity index is 2.35. The molecule has 0 saturated carbocycles. The van der Waals surface area contributed by atoms with Crippen molar-refractivity contribution in [2.75, 3.05) is 5.73 Å². The molecule has 2 rings (SSSR count). The molecule has 0 aliphatic carbocycles. The third-order valence-corrected chi connectivity index (χ3v) is 3.38. The number of nitriles is 1. The number of ether oxygens (including phenoxy) is 1. The van der Waals surface area contributed by atoms with E-state index in [1.54, 1.807) is 30.5 Å². The van der Waals surface area contributed by atoms with E-state index in [-0.39, 0.29) is 0 Å². The van der Waals surface area contributed by atoms with Crippen molar-refractivity contribution in [2.24, 2.45) is 0 Å². The largest absolute Gasteiger partial charge is 0.438 e. The van der Waals surface area contributed by atoms with Gasteiger partial charge in [0.15, 0.2) is 0 Å². The van der Waals surface area contributed by atoms with Gasteiger partial charge < -0.3 is 10.5 Å². The van der Waals surface area contributed by atoms with E-state index >= 15 is 0 Å². The maximum absolute atomic E-state index is 8.82.